The number of benzene rings is 2. The number of nitrogens with two attached hydrogens (primary N) is 1. The minimum Gasteiger partial charge on any atom is -0.497 e. The maximum absolute atomic E-state index is 13.6. The molecule has 19 heavy (non-hydrogen) atoms. The van der Waals surface area contributed by atoms with E-state index < -0.39 is 6.04 Å². The number of hydrogen-bond acceptors (Lipinski definition) is 2. The Hall–Kier alpha value is -1.58. The summed E-state index contributed by atoms with van der Waals surface area (Å²) in [5.74, 6) is 0.397. The molecule has 0 radical (unpaired) electrons. The largest absolute Gasteiger partial charge is 0.497 e. The minimum absolute atomic E-state index is 0.266. The van der Waals surface area contributed by atoms with E-state index in [2.05, 4.69) is 0 Å². The van der Waals surface area contributed by atoms with E-state index in [1.165, 1.54) is 6.07 Å². The first-order valence-corrected chi connectivity index (χ1v) is 6.26. The highest BCUT2D eigenvalue weighted by molar-refractivity contribution is 6.31. The highest BCUT2D eigenvalue weighted by atomic mass is 35.5. The topological polar surface area (TPSA) is 35.2 Å². The van der Waals surface area contributed by atoms with Gasteiger partial charge in [-0.25, -0.2) is 4.39 Å². The highest BCUT2D eigenvalue weighted by Crippen LogP contribution is 2.30. The van der Waals surface area contributed by atoms with Crippen molar-refractivity contribution < 1.29 is 9.13 Å². The zero-order valence-electron chi connectivity index (χ0n) is 10.8. The first-order valence-electron chi connectivity index (χ1n) is 5.88. The summed E-state index contributed by atoms with van der Waals surface area (Å²) in [5.41, 5.74) is 8.16. The van der Waals surface area contributed by atoms with Gasteiger partial charge in [0, 0.05) is 5.02 Å². The quantitative estimate of drug-likeness (QED) is 0.926. The number of hydrogen-bond donors (Lipinski definition) is 1. The summed E-state index contributed by atoms with van der Waals surface area (Å²) in [6.07, 6.45) is 0. The molecule has 4 heteroatoms. The molecule has 2 N–H and O–H groups in total. The van der Waals surface area contributed by atoms with E-state index >= 15 is 0 Å². The van der Waals surface area contributed by atoms with Gasteiger partial charge in [0.15, 0.2) is 0 Å². The molecule has 0 aliphatic rings. The SMILES string of the molecule is COc1ccc(C(N)c2ccc(C)c(F)c2)c(Cl)c1. The van der Waals surface area contributed by atoms with Crippen LogP contribution in [0.15, 0.2) is 36.4 Å². The van der Waals surface area contributed by atoms with Crippen LogP contribution in [0.25, 0.3) is 0 Å². The lowest BCUT2D eigenvalue weighted by molar-refractivity contribution is 0.414. The van der Waals surface area contributed by atoms with Gasteiger partial charge in [-0.15, -0.1) is 0 Å². The van der Waals surface area contributed by atoms with Crippen molar-refractivity contribution in [2.24, 2.45) is 5.73 Å². The molecule has 0 spiro atoms. The molecule has 0 saturated heterocycles. The summed E-state index contributed by atoms with van der Waals surface area (Å²) in [4.78, 5) is 0. The van der Waals surface area contributed by atoms with Gasteiger partial charge in [-0.3, -0.25) is 0 Å². The Kier molecular flexibility index (Phi) is 4.08. The Bertz CT molecular complexity index is 601. The van der Waals surface area contributed by atoms with Crippen molar-refractivity contribution in [1.29, 1.82) is 0 Å². The van der Waals surface area contributed by atoms with Gasteiger partial charge < -0.3 is 10.5 Å². The maximum Gasteiger partial charge on any atom is 0.126 e. The van der Waals surface area contributed by atoms with Gasteiger partial charge in [-0.05, 0) is 41.8 Å². The van der Waals surface area contributed by atoms with Crippen LogP contribution < -0.4 is 10.5 Å². The number of methoxy groups -OCH3 is 1. The van der Waals surface area contributed by atoms with Crippen molar-refractivity contribution in [3.63, 3.8) is 0 Å². The van der Waals surface area contributed by atoms with Crippen LogP contribution in [-0.4, -0.2) is 7.11 Å². The molecule has 0 aliphatic carbocycles. The number of aryl methyl sites for hydroxylation is 1. The summed E-state index contributed by atoms with van der Waals surface area (Å²) >= 11 is 6.17. The van der Waals surface area contributed by atoms with Crippen molar-refractivity contribution in [3.8, 4) is 5.75 Å². The number of rotatable bonds is 3. The van der Waals surface area contributed by atoms with Gasteiger partial charge in [0.25, 0.3) is 0 Å². The molecule has 1 unspecified atom stereocenters. The van der Waals surface area contributed by atoms with Crippen LogP contribution in [0.5, 0.6) is 5.75 Å². The third kappa shape index (κ3) is 2.88. The fraction of sp³-hybridized carbons (Fsp3) is 0.200. The van der Waals surface area contributed by atoms with E-state index in [-0.39, 0.29) is 5.82 Å². The number of halogens is 2. The normalized spacial score (nSPS) is 12.3. The lowest BCUT2D eigenvalue weighted by atomic mass is 9.98. The molecule has 0 saturated carbocycles. The van der Waals surface area contributed by atoms with E-state index in [0.29, 0.717) is 21.9 Å². The molecule has 2 nitrogen and oxygen atoms in total. The fourth-order valence-corrected chi connectivity index (χ4v) is 2.16. The Morgan fingerprint density at radius 2 is 1.95 bits per heavy atom. The van der Waals surface area contributed by atoms with Gasteiger partial charge in [0.2, 0.25) is 0 Å². The van der Waals surface area contributed by atoms with Gasteiger partial charge in [-0.2, -0.15) is 0 Å². The first-order chi connectivity index (χ1) is 9.02. The van der Waals surface area contributed by atoms with E-state index in [1.807, 2.05) is 6.07 Å². The van der Waals surface area contributed by atoms with Crippen molar-refractivity contribution in [3.05, 3.63) is 63.9 Å². The second-order valence-corrected chi connectivity index (χ2v) is 4.78. The third-order valence-corrected chi connectivity index (χ3v) is 3.43. The second kappa shape index (κ2) is 5.59. The molecule has 0 heterocycles. The predicted molar refractivity (Wildman–Crippen MR) is 75.2 cm³/mol. The van der Waals surface area contributed by atoms with E-state index in [9.17, 15) is 4.39 Å². The summed E-state index contributed by atoms with van der Waals surface area (Å²) in [6.45, 7) is 1.71. The van der Waals surface area contributed by atoms with Crippen LogP contribution in [0.2, 0.25) is 5.02 Å². The first kappa shape index (κ1) is 13.8. The molecule has 0 bridgehead atoms. The van der Waals surface area contributed by atoms with Gasteiger partial charge in [0.1, 0.15) is 11.6 Å². The average molecular weight is 280 g/mol. The van der Waals surface area contributed by atoms with Gasteiger partial charge in [0.05, 0.1) is 13.2 Å². The summed E-state index contributed by atoms with van der Waals surface area (Å²) < 4.78 is 18.7. The maximum atomic E-state index is 13.6. The van der Waals surface area contributed by atoms with E-state index in [1.54, 1.807) is 38.3 Å². The summed E-state index contributed by atoms with van der Waals surface area (Å²) in [5, 5.41) is 0.507. The average Bonchev–Trinajstić information content (AvgIpc) is 2.41. The van der Waals surface area contributed by atoms with Crippen LogP contribution in [0.1, 0.15) is 22.7 Å². The van der Waals surface area contributed by atoms with Crippen molar-refractivity contribution in [2.45, 2.75) is 13.0 Å². The van der Waals surface area contributed by atoms with Crippen LogP contribution in [0, 0.1) is 12.7 Å². The van der Waals surface area contributed by atoms with Gasteiger partial charge in [-0.1, -0.05) is 29.8 Å². The molecular weight excluding hydrogens is 265 g/mol. The third-order valence-electron chi connectivity index (χ3n) is 3.10. The van der Waals surface area contributed by atoms with Crippen LogP contribution in [0.4, 0.5) is 4.39 Å². The lowest BCUT2D eigenvalue weighted by Gasteiger charge is -2.15. The summed E-state index contributed by atoms with van der Waals surface area (Å²) in [6, 6.07) is 9.77. The van der Waals surface area contributed by atoms with Gasteiger partial charge >= 0.3 is 0 Å². The smallest absolute Gasteiger partial charge is 0.126 e. The summed E-state index contributed by atoms with van der Waals surface area (Å²) in [7, 11) is 1.57. The Morgan fingerprint density at radius 1 is 1.21 bits per heavy atom. The zero-order chi connectivity index (χ0) is 14.0. The monoisotopic (exact) mass is 279 g/mol. The zero-order valence-corrected chi connectivity index (χ0v) is 11.5. The highest BCUT2D eigenvalue weighted by Gasteiger charge is 2.14. The lowest BCUT2D eigenvalue weighted by Crippen LogP contribution is -2.13. The molecule has 2 rings (SSSR count). The molecule has 1 atom stereocenters. The second-order valence-electron chi connectivity index (χ2n) is 4.37. The Labute approximate surface area is 117 Å². The standard InChI is InChI=1S/C15H15ClFNO/c1-9-3-4-10(7-14(9)17)15(18)12-6-5-11(19-2)8-13(12)16/h3-8,15H,18H2,1-2H3. The van der Waals surface area contributed by atoms with Crippen molar-refractivity contribution >= 4 is 11.6 Å². The fourth-order valence-electron chi connectivity index (χ4n) is 1.87. The molecule has 0 aliphatic heterocycles. The van der Waals surface area contributed by atoms with Crippen LogP contribution in [-0.2, 0) is 0 Å². The molecular formula is C15H15ClFNO. The molecule has 2 aromatic rings. The molecule has 0 fully saturated rings. The van der Waals surface area contributed by atoms with E-state index in [4.69, 9.17) is 22.1 Å². The van der Waals surface area contributed by atoms with Crippen LogP contribution >= 0.6 is 11.6 Å². The minimum atomic E-state index is -0.464. The van der Waals surface area contributed by atoms with Crippen molar-refractivity contribution in [1.82, 2.24) is 0 Å². The molecule has 0 amide bonds. The van der Waals surface area contributed by atoms with Crippen LogP contribution in [0.3, 0.4) is 0 Å². The molecule has 2 aromatic carbocycles. The molecule has 100 valence electrons. The van der Waals surface area contributed by atoms with Crippen molar-refractivity contribution in [2.75, 3.05) is 7.11 Å². The Morgan fingerprint density at radius 3 is 2.53 bits per heavy atom. The Balaban J connectivity index is 2.38. The number of ether oxygens (including phenoxy) is 1. The predicted octanol–water partition coefficient (Wildman–Crippen LogP) is 3.84. The molecule has 0 aromatic heterocycles. The van der Waals surface area contributed by atoms with E-state index in [0.717, 1.165) is 5.56 Å².